The normalized spacial score (nSPS) is 17.3. The fraction of sp³-hybridized carbons (Fsp3) is 0.316. The number of hydrogen-bond donors (Lipinski definition) is 1. The Labute approximate surface area is 136 Å². The molecule has 2 aromatic rings. The van der Waals surface area contributed by atoms with E-state index in [0.29, 0.717) is 0 Å². The van der Waals surface area contributed by atoms with Crippen LogP contribution in [-0.4, -0.2) is 17.5 Å². The van der Waals surface area contributed by atoms with Gasteiger partial charge in [0.2, 0.25) is 0 Å². The molecule has 1 fully saturated rings. The van der Waals surface area contributed by atoms with Crippen molar-refractivity contribution in [3.63, 3.8) is 0 Å². The molecule has 3 nitrogen and oxygen atoms in total. The Balaban J connectivity index is 1.78. The van der Waals surface area contributed by atoms with Crippen molar-refractivity contribution in [2.75, 3.05) is 11.9 Å². The molecule has 0 bridgehead atoms. The number of urea groups is 1. The molecule has 3 rings (SSSR count). The van der Waals surface area contributed by atoms with E-state index in [1.165, 1.54) is 12.1 Å². The molecule has 0 radical (unpaired) electrons. The summed E-state index contributed by atoms with van der Waals surface area (Å²) in [5.74, 6) is -0.252. The summed E-state index contributed by atoms with van der Waals surface area (Å²) in [4.78, 5) is 14.5. The third-order valence-electron chi connectivity index (χ3n) is 4.61. The minimum absolute atomic E-state index is 0.0146. The number of carbonyl (C=O) groups excluding carboxylic acids is 1. The number of nitrogens with zero attached hydrogens (tertiary/aromatic N) is 1. The first-order chi connectivity index (χ1) is 11.1. The molecular weight excluding hydrogens is 291 g/mol. The highest BCUT2D eigenvalue weighted by atomic mass is 19.1. The number of benzene rings is 2. The Morgan fingerprint density at radius 2 is 1.91 bits per heavy atom. The number of halogens is 1. The Morgan fingerprint density at radius 3 is 2.65 bits per heavy atom. The van der Waals surface area contributed by atoms with Crippen LogP contribution >= 0.6 is 0 Å². The van der Waals surface area contributed by atoms with E-state index in [1.54, 1.807) is 12.1 Å². The number of nitrogens with one attached hydrogen (secondary N) is 1. The number of anilines is 1. The molecule has 0 spiro atoms. The summed E-state index contributed by atoms with van der Waals surface area (Å²) >= 11 is 0. The molecule has 1 aliphatic rings. The summed E-state index contributed by atoms with van der Waals surface area (Å²) < 4.78 is 13.1. The van der Waals surface area contributed by atoms with Gasteiger partial charge in [0.05, 0.1) is 6.04 Å². The van der Waals surface area contributed by atoms with Crippen molar-refractivity contribution >= 4 is 11.7 Å². The van der Waals surface area contributed by atoms with Crippen molar-refractivity contribution in [1.82, 2.24) is 4.90 Å². The molecule has 0 aromatic heterocycles. The lowest BCUT2D eigenvalue weighted by molar-refractivity contribution is 0.207. The van der Waals surface area contributed by atoms with E-state index in [9.17, 15) is 9.18 Å². The van der Waals surface area contributed by atoms with Crippen LogP contribution in [-0.2, 0) is 0 Å². The van der Waals surface area contributed by atoms with Crippen molar-refractivity contribution in [3.8, 4) is 0 Å². The summed E-state index contributed by atoms with van der Waals surface area (Å²) in [5, 5.41) is 3.02. The van der Waals surface area contributed by atoms with E-state index >= 15 is 0 Å². The van der Waals surface area contributed by atoms with Gasteiger partial charge in [-0.2, -0.15) is 0 Å². The van der Waals surface area contributed by atoms with Gasteiger partial charge in [0, 0.05) is 12.2 Å². The maximum absolute atomic E-state index is 13.1. The topological polar surface area (TPSA) is 32.3 Å². The lowest BCUT2D eigenvalue weighted by Gasteiger charge is -2.26. The van der Waals surface area contributed by atoms with Gasteiger partial charge in [-0.3, -0.25) is 0 Å². The zero-order chi connectivity index (χ0) is 16.4. The van der Waals surface area contributed by atoms with E-state index in [4.69, 9.17) is 0 Å². The number of carbonyl (C=O) groups is 1. The van der Waals surface area contributed by atoms with Gasteiger partial charge < -0.3 is 10.2 Å². The standard InChI is InChI=1S/C19H21FN2O/c1-13-5-3-6-17(14(13)2)21-19(23)22-12-4-7-18(22)15-8-10-16(20)11-9-15/h3,5-6,8-11,18H,4,7,12H2,1-2H3,(H,21,23)/t18-/m1/s1. The molecular formula is C19H21FN2O. The Bertz CT molecular complexity index is 712. The highest BCUT2D eigenvalue weighted by Gasteiger charge is 2.30. The highest BCUT2D eigenvalue weighted by Crippen LogP contribution is 2.32. The van der Waals surface area contributed by atoms with E-state index < -0.39 is 0 Å². The highest BCUT2D eigenvalue weighted by molar-refractivity contribution is 5.90. The van der Waals surface area contributed by atoms with Gasteiger partial charge in [0.15, 0.2) is 0 Å². The quantitative estimate of drug-likeness (QED) is 0.848. The zero-order valence-electron chi connectivity index (χ0n) is 13.5. The molecule has 0 aliphatic carbocycles. The molecule has 120 valence electrons. The van der Waals surface area contributed by atoms with E-state index in [-0.39, 0.29) is 17.9 Å². The molecule has 23 heavy (non-hydrogen) atoms. The van der Waals surface area contributed by atoms with Crippen LogP contribution < -0.4 is 5.32 Å². The Hall–Kier alpha value is -2.36. The first-order valence-corrected chi connectivity index (χ1v) is 7.95. The first-order valence-electron chi connectivity index (χ1n) is 7.95. The van der Waals surface area contributed by atoms with Crippen LogP contribution in [0.2, 0.25) is 0 Å². The van der Waals surface area contributed by atoms with E-state index in [2.05, 4.69) is 5.32 Å². The van der Waals surface area contributed by atoms with Crippen LogP contribution in [0.25, 0.3) is 0 Å². The molecule has 1 heterocycles. The van der Waals surface area contributed by atoms with Gasteiger partial charge in [-0.15, -0.1) is 0 Å². The van der Waals surface area contributed by atoms with Gasteiger partial charge in [0.25, 0.3) is 0 Å². The molecule has 1 N–H and O–H groups in total. The van der Waals surface area contributed by atoms with E-state index in [1.807, 2.05) is 36.9 Å². The summed E-state index contributed by atoms with van der Waals surface area (Å²) in [5.41, 5.74) is 4.07. The average Bonchev–Trinajstić information content (AvgIpc) is 3.02. The predicted molar refractivity (Wildman–Crippen MR) is 90.0 cm³/mol. The first kappa shape index (κ1) is 15.5. The van der Waals surface area contributed by atoms with E-state index in [0.717, 1.165) is 41.8 Å². The summed E-state index contributed by atoms with van der Waals surface area (Å²) in [6.45, 7) is 4.76. The summed E-state index contributed by atoms with van der Waals surface area (Å²) in [6, 6.07) is 12.3. The molecule has 1 saturated heterocycles. The van der Waals surface area contributed by atoms with Gasteiger partial charge in [0.1, 0.15) is 5.82 Å². The van der Waals surface area contributed by atoms with Crippen LogP contribution in [0.5, 0.6) is 0 Å². The third-order valence-corrected chi connectivity index (χ3v) is 4.61. The fourth-order valence-electron chi connectivity index (χ4n) is 3.11. The van der Waals surface area contributed by atoms with Gasteiger partial charge in [-0.25, -0.2) is 9.18 Å². The number of hydrogen-bond acceptors (Lipinski definition) is 1. The largest absolute Gasteiger partial charge is 0.322 e. The molecule has 1 aliphatic heterocycles. The molecule has 1 atom stereocenters. The number of rotatable bonds is 2. The van der Waals surface area contributed by atoms with Crippen molar-refractivity contribution in [2.45, 2.75) is 32.7 Å². The minimum Gasteiger partial charge on any atom is -0.317 e. The van der Waals surface area contributed by atoms with Crippen LogP contribution in [0.4, 0.5) is 14.9 Å². The lowest BCUT2D eigenvalue weighted by atomic mass is 10.0. The minimum atomic E-state index is -0.252. The summed E-state index contributed by atoms with van der Waals surface area (Å²) in [7, 11) is 0. The maximum atomic E-state index is 13.1. The summed E-state index contributed by atoms with van der Waals surface area (Å²) in [6.07, 6.45) is 1.87. The molecule has 2 aromatic carbocycles. The number of amides is 2. The third kappa shape index (κ3) is 3.21. The molecule has 4 heteroatoms. The van der Waals surface area contributed by atoms with Gasteiger partial charge in [-0.1, -0.05) is 24.3 Å². The van der Waals surface area contributed by atoms with Gasteiger partial charge in [-0.05, 0) is 61.6 Å². The molecule has 0 unspecified atom stereocenters. The second-order valence-electron chi connectivity index (χ2n) is 6.08. The Morgan fingerprint density at radius 1 is 1.17 bits per heavy atom. The predicted octanol–water partition coefficient (Wildman–Crippen LogP) is 4.81. The van der Waals surface area contributed by atoms with Crippen molar-refractivity contribution in [2.24, 2.45) is 0 Å². The SMILES string of the molecule is Cc1cccc(NC(=O)N2CCC[C@@H]2c2ccc(F)cc2)c1C. The van der Waals surface area contributed by atoms with Crippen LogP contribution in [0.1, 0.15) is 35.6 Å². The van der Waals surface area contributed by atoms with Crippen molar-refractivity contribution < 1.29 is 9.18 Å². The van der Waals surface area contributed by atoms with Crippen LogP contribution in [0.3, 0.4) is 0 Å². The van der Waals surface area contributed by atoms with Crippen LogP contribution in [0.15, 0.2) is 42.5 Å². The van der Waals surface area contributed by atoms with Crippen LogP contribution in [0, 0.1) is 19.7 Å². The number of aryl methyl sites for hydroxylation is 1. The second-order valence-corrected chi connectivity index (χ2v) is 6.08. The molecule has 0 saturated carbocycles. The smallest absolute Gasteiger partial charge is 0.317 e. The fourth-order valence-corrected chi connectivity index (χ4v) is 3.11. The molecule has 2 amide bonds. The van der Waals surface area contributed by atoms with Gasteiger partial charge >= 0.3 is 6.03 Å². The van der Waals surface area contributed by atoms with Crippen molar-refractivity contribution in [3.05, 3.63) is 65.0 Å². The maximum Gasteiger partial charge on any atom is 0.322 e. The monoisotopic (exact) mass is 312 g/mol. The average molecular weight is 312 g/mol. The Kier molecular flexibility index (Phi) is 4.33. The van der Waals surface area contributed by atoms with Crippen molar-refractivity contribution in [1.29, 1.82) is 0 Å². The lowest BCUT2D eigenvalue weighted by Crippen LogP contribution is -2.34. The second kappa shape index (κ2) is 6.41. The number of likely N-dealkylation sites (tertiary alicyclic amines) is 1. The zero-order valence-corrected chi connectivity index (χ0v) is 13.5.